The summed E-state index contributed by atoms with van der Waals surface area (Å²) in [6.07, 6.45) is 8.39. The fourth-order valence-electron chi connectivity index (χ4n) is 1.98. The van der Waals surface area contributed by atoms with E-state index >= 15 is 0 Å². The fraction of sp³-hybridized carbons (Fsp3) is 1.00. The van der Waals surface area contributed by atoms with E-state index in [1.165, 1.54) is 38.5 Å². The Balaban J connectivity index is 4.16. The van der Waals surface area contributed by atoms with Crippen LogP contribution in [0, 0.1) is 5.41 Å². The lowest BCUT2D eigenvalue weighted by molar-refractivity contribution is 0.0624. The van der Waals surface area contributed by atoms with Crippen molar-refractivity contribution >= 4 is 10.5 Å². The lowest BCUT2D eigenvalue weighted by atomic mass is 9.76. The molecule has 1 nitrogen and oxygen atoms in total. The van der Waals surface area contributed by atoms with E-state index in [4.69, 9.17) is 4.43 Å². The molecule has 0 rings (SSSR count). The van der Waals surface area contributed by atoms with Crippen molar-refractivity contribution in [2.45, 2.75) is 72.3 Å². The topological polar surface area (TPSA) is 9.23 Å². The van der Waals surface area contributed by atoms with Crippen molar-refractivity contribution in [3.63, 3.8) is 0 Å². The fourth-order valence-corrected chi connectivity index (χ4v) is 2.55. The molecule has 0 aromatic carbocycles. The Bertz CT molecular complexity index is 128. The molecule has 0 aromatic rings. The monoisotopic (exact) mass is 216 g/mol. The average molecular weight is 216 g/mol. The second-order valence-corrected chi connectivity index (χ2v) is 5.21. The highest BCUT2D eigenvalue weighted by Crippen LogP contribution is 2.35. The molecule has 0 bridgehead atoms. The molecule has 0 heterocycles. The van der Waals surface area contributed by atoms with E-state index in [0.717, 1.165) is 10.5 Å². The molecule has 86 valence electrons. The maximum absolute atomic E-state index is 5.65. The first-order valence-corrected chi connectivity index (χ1v) is 6.95. The van der Waals surface area contributed by atoms with Crippen LogP contribution in [0.5, 0.6) is 0 Å². The summed E-state index contributed by atoms with van der Waals surface area (Å²) in [7, 11) is 0.871. The van der Waals surface area contributed by atoms with Gasteiger partial charge in [0.05, 0.1) is 0 Å². The van der Waals surface area contributed by atoms with Gasteiger partial charge in [-0.1, -0.05) is 46.5 Å². The molecule has 14 heavy (non-hydrogen) atoms. The quantitative estimate of drug-likeness (QED) is 0.567. The van der Waals surface area contributed by atoms with Crippen LogP contribution in [0.25, 0.3) is 0 Å². The Morgan fingerprint density at radius 1 is 1.14 bits per heavy atom. The summed E-state index contributed by atoms with van der Waals surface area (Å²) >= 11 is 0. The smallest absolute Gasteiger partial charge is 0.146 e. The normalized spacial score (nSPS) is 14.6. The van der Waals surface area contributed by atoms with E-state index in [9.17, 15) is 0 Å². The zero-order valence-electron chi connectivity index (χ0n) is 10.7. The first kappa shape index (κ1) is 14.2. The third-order valence-corrected chi connectivity index (χ3v) is 4.24. The first-order valence-electron chi connectivity index (χ1n) is 6.13. The van der Waals surface area contributed by atoms with Crippen LogP contribution in [0.1, 0.15) is 66.2 Å². The average Bonchev–Trinajstić information content (AvgIpc) is 2.22. The Labute approximate surface area is 93.2 Å². The van der Waals surface area contributed by atoms with Crippen LogP contribution < -0.4 is 0 Å². The maximum atomic E-state index is 5.65. The van der Waals surface area contributed by atoms with Crippen molar-refractivity contribution in [1.82, 2.24) is 0 Å². The summed E-state index contributed by atoms with van der Waals surface area (Å²) in [5.74, 6) is 0. The molecule has 1 unspecified atom stereocenters. The molecule has 0 saturated carbocycles. The van der Waals surface area contributed by atoms with Gasteiger partial charge in [0.25, 0.3) is 0 Å². The van der Waals surface area contributed by atoms with Gasteiger partial charge in [-0.25, -0.2) is 0 Å². The summed E-state index contributed by atoms with van der Waals surface area (Å²) in [6, 6.07) is 0. The zero-order valence-corrected chi connectivity index (χ0v) is 12.7. The van der Waals surface area contributed by atoms with Crippen molar-refractivity contribution < 1.29 is 4.43 Å². The summed E-state index contributed by atoms with van der Waals surface area (Å²) in [5, 5.41) is 0. The van der Waals surface area contributed by atoms with Crippen LogP contribution in [0.15, 0.2) is 0 Å². The predicted octanol–water partition coefficient (Wildman–Crippen LogP) is 3.06. The lowest BCUT2D eigenvalue weighted by Crippen LogP contribution is -2.32. The van der Waals surface area contributed by atoms with Crippen LogP contribution in [0.4, 0.5) is 0 Å². The molecule has 0 saturated heterocycles. The minimum Gasteiger partial charge on any atom is -0.425 e. The largest absolute Gasteiger partial charge is 0.425 e. The van der Waals surface area contributed by atoms with Gasteiger partial charge < -0.3 is 4.43 Å². The van der Waals surface area contributed by atoms with E-state index in [-0.39, 0.29) is 0 Å². The summed E-state index contributed by atoms with van der Waals surface area (Å²) in [4.78, 5) is 0. The lowest BCUT2D eigenvalue weighted by Gasteiger charge is -2.35. The van der Waals surface area contributed by atoms with Crippen LogP contribution in [0.3, 0.4) is 0 Å². The maximum Gasteiger partial charge on any atom is 0.146 e. The Morgan fingerprint density at radius 2 is 1.57 bits per heavy atom. The summed E-state index contributed by atoms with van der Waals surface area (Å²) < 4.78 is 5.65. The van der Waals surface area contributed by atoms with E-state index in [1.807, 2.05) is 0 Å². The van der Waals surface area contributed by atoms with Crippen molar-refractivity contribution in [1.29, 1.82) is 0 Å². The second kappa shape index (κ2) is 7.47. The molecule has 0 radical (unpaired) electrons. The van der Waals surface area contributed by atoms with Crippen molar-refractivity contribution in [3.8, 4) is 0 Å². The van der Waals surface area contributed by atoms with Gasteiger partial charge in [0.1, 0.15) is 10.5 Å². The number of unbranched alkanes of at least 4 members (excludes halogenated alkanes) is 2. The Morgan fingerprint density at radius 3 is 1.86 bits per heavy atom. The second-order valence-electron chi connectivity index (χ2n) is 4.74. The Kier molecular flexibility index (Phi) is 7.56. The van der Waals surface area contributed by atoms with Gasteiger partial charge in [0.15, 0.2) is 0 Å². The summed E-state index contributed by atoms with van der Waals surface area (Å²) in [6.45, 7) is 9.19. The minimum atomic E-state index is 0.424. The minimum absolute atomic E-state index is 0.424. The van der Waals surface area contributed by atoms with Crippen molar-refractivity contribution in [2.75, 3.05) is 0 Å². The van der Waals surface area contributed by atoms with Crippen molar-refractivity contribution in [2.24, 2.45) is 5.41 Å². The zero-order chi connectivity index (χ0) is 11.0. The van der Waals surface area contributed by atoms with E-state index in [2.05, 4.69) is 27.7 Å². The molecule has 0 N–H and O–H groups in total. The van der Waals surface area contributed by atoms with Gasteiger partial charge >= 0.3 is 0 Å². The molecule has 0 aliphatic rings. The van der Waals surface area contributed by atoms with Gasteiger partial charge in [-0.3, -0.25) is 0 Å². The molecule has 0 fully saturated rings. The van der Waals surface area contributed by atoms with Gasteiger partial charge in [-0.15, -0.1) is 0 Å². The van der Waals surface area contributed by atoms with Crippen LogP contribution >= 0.6 is 0 Å². The van der Waals surface area contributed by atoms with Gasteiger partial charge in [-0.05, 0) is 25.2 Å². The molecule has 0 amide bonds. The third-order valence-electron chi connectivity index (χ3n) is 3.54. The standard InChI is InChI=1S/C12H28OSi/c1-5-7-9-12(4,10-8-6-2)11(3)13-14/h11H,5-10H2,1-4,14H3. The van der Waals surface area contributed by atoms with E-state index < -0.39 is 0 Å². The molecule has 0 aliphatic heterocycles. The van der Waals surface area contributed by atoms with Gasteiger partial charge in [-0.2, -0.15) is 0 Å². The highest BCUT2D eigenvalue weighted by atomic mass is 28.2. The van der Waals surface area contributed by atoms with Crippen LogP contribution in [-0.4, -0.2) is 16.6 Å². The van der Waals surface area contributed by atoms with Crippen LogP contribution in [0.2, 0.25) is 0 Å². The van der Waals surface area contributed by atoms with E-state index in [0.29, 0.717) is 11.5 Å². The first-order chi connectivity index (χ1) is 6.60. The number of rotatable bonds is 8. The number of hydrogen-bond acceptors (Lipinski definition) is 1. The summed E-state index contributed by atoms with van der Waals surface area (Å²) in [5.41, 5.74) is 0.424. The molecular weight excluding hydrogens is 188 g/mol. The van der Waals surface area contributed by atoms with Gasteiger partial charge in [0.2, 0.25) is 0 Å². The van der Waals surface area contributed by atoms with Crippen molar-refractivity contribution in [3.05, 3.63) is 0 Å². The molecule has 1 atom stereocenters. The Hall–Kier alpha value is 0.177. The van der Waals surface area contributed by atoms with Crippen LogP contribution in [-0.2, 0) is 4.43 Å². The molecule has 0 aliphatic carbocycles. The SMILES string of the molecule is CCCCC(C)(CCCC)C(C)O[SiH3]. The third kappa shape index (κ3) is 4.60. The molecule has 2 heteroatoms. The molecular formula is C12H28OSi. The van der Waals surface area contributed by atoms with E-state index in [1.54, 1.807) is 0 Å². The number of hydrogen-bond donors (Lipinski definition) is 0. The van der Waals surface area contributed by atoms with Gasteiger partial charge in [0, 0.05) is 6.10 Å². The molecule has 0 aromatic heterocycles. The highest BCUT2D eigenvalue weighted by Gasteiger charge is 2.29. The highest BCUT2D eigenvalue weighted by molar-refractivity contribution is 5.98. The predicted molar refractivity (Wildman–Crippen MR) is 67.6 cm³/mol. The molecule has 0 spiro atoms.